The Labute approximate surface area is 145 Å². The van der Waals surface area contributed by atoms with Crippen LogP contribution in [0, 0.1) is 6.92 Å². The second-order valence-corrected chi connectivity index (χ2v) is 6.23. The first-order valence-electron chi connectivity index (χ1n) is 6.48. The molecule has 1 rings (SSSR count). The number of aromatic nitrogens is 2. The summed E-state index contributed by atoms with van der Waals surface area (Å²) in [5.41, 5.74) is -10.2. The highest BCUT2D eigenvalue weighted by atomic mass is 32.2. The average molecular weight is 419 g/mol. The van der Waals surface area contributed by atoms with Gasteiger partial charge in [0.05, 0.1) is 35.8 Å². The zero-order valence-electron chi connectivity index (χ0n) is 13.4. The molecule has 0 aromatic carbocycles. The van der Waals surface area contributed by atoms with Crippen LogP contribution in [0.15, 0.2) is 12.4 Å². The van der Waals surface area contributed by atoms with Gasteiger partial charge in [0.2, 0.25) is 0 Å². The van der Waals surface area contributed by atoms with Crippen LogP contribution in [0.5, 0.6) is 0 Å². The minimum atomic E-state index is -5.08. The van der Waals surface area contributed by atoms with E-state index in [1.54, 1.807) is 0 Å². The Hall–Kier alpha value is -0.990. The number of aryl methyl sites for hydroxylation is 2. The largest absolute Gasteiger partial charge is 0.766 e. The molecule has 0 fully saturated rings. The van der Waals surface area contributed by atoms with E-state index in [-0.39, 0.29) is 0 Å². The Bertz CT molecular complexity index is 536. The minimum Gasteiger partial charge on any atom is -0.766 e. The second kappa shape index (κ2) is 11.6. The fourth-order valence-corrected chi connectivity index (χ4v) is 1.16. The maximum absolute atomic E-state index is 10.6. The van der Waals surface area contributed by atoms with Crippen molar-refractivity contribution in [2.45, 2.75) is 44.3 Å². The predicted octanol–water partition coefficient (Wildman–Crippen LogP) is 2.19. The third kappa shape index (κ3) is 12.9. The monoisotopic (exact) mass is 419 g/mol. The number of hydrogen-bond acceptors (Lipinski definition) is 4. The van der Waals surface area contributed by atoms with E-state index >= 15 is 0 Å². The first kappa shape index (κ1) is 26.2. The molecule has 150 valence electrons. The summed E-state index contributed by atoms with van der Waals surface area (Å²) in [6, 6.07) is 0. The lowest BCUT2D eigenvalue weighted by Gasteiger charge is -2.06. The highest BCUT2D eigenvalue weighted by Gasteiger charge is 2.28. The van der Waals surface area contributed by atoms with Crippen molar-refractivity contribution in [2.24, 2.45) is 7.05 Å². The molecule has 1 aromatic heterocycles. The lowest BCUT2D eigenvalue weighted by molar-refractivity contribution is -0.677. The Morgan fingerprint density at radius 1 is 1.08 bits per heavy atom. The molecule has 25 heavy (non-hydrogen) atoms. The molecular weight excluding hydrogens is 402 g/mol. The number of rotatable bonds is 3. The molecule has 0 amide bonds. The predicted molar refractivity (Wildman–Crippen MR) is 75.2 cm³/mol. The van der Waals surface area contributed by atoms with Crippen molar-refractivity contribution < 1.29 is 48.4 Å². The standard InChI is InChI=1S/C9H17N2.2CHF3O2S/c1-4-5-6-11-8-7-10(3)9(11)2;2*2-1(3,4)7(5)6/h7-8H,4-6H2,1-3H3;2*(H,5,6)/q+1;;/p-2. The Morgan fingerprint density at radius 3 is 1.64 bits per heavy atom. The Balaban J connectivity index is 0. The highest BCUT2D eigenvalue weighted by Crippen LogP contribution is 2.17. The van der Waals surface area contributed by atoms with Gasteiger partial charge in [-0.05, 0) is 6.42 Å². The van der Waals surface area contributed by atoms with E-state index < -0.39 is 33.2 Å². The molecule has 2 unspecified atom stereocenters. The van der Waals surface area contributed by atoms with E-state index in [1.165, 1.54) is 18.7 Å². The van der Waals surface area contributed by atoms with Crippen molar-refractivity contribution in [3.05, 3.63) is 18.2 Å². The summed E-state index contributed by atoms with van der Waals surface area (Å²) < 4.78 is 103. The molecule has 0 saturated heterocycles. The van der Waals surface area contributed by atoms with Crippen molar-refractivity contribution in [1.29, 1.82) is 0 Å². The van der Waals surface area contributed by atoms with Crippen LogP contribution >= 0.6 is 0 Å². The van der Waals surface area contributed by atoms with Crippen LogP contribution in [-0.2, 0) is 35.8 Å². The number of hydrogen-bond donors (Lipinski definition) is 0. The van der Waals surface area contributed by atoms with Gasteiger partial charge in [-0.2, -0.15) is 26.3 Å². The van der Waals surface area contributed by atoms with Gasteiger partial charge < -0.3 is 9.11 Å². The van der Waals surface area contributed by atoms with Gasteiger partial charge in [0.15, 0.2) is 0 Å². The van der Waals surface area contributed by atoms with Crippen LogP contribution < -0.4 is 4.57 Å². The van der Waals surface area contributed by atoms with Gasteiger partial charge in [0, 0.05) is 6.92 Å². The Kier molecular flexibility index (Phi) is 12.2. The molecule has 0 bridgehead atoms. The van der Waals surface area contributed by atoms with Crippen molar-refractivity contribution in [3.8, 4) is 0 Å². The summed E-state index contributed by atoms with van der Waals surface area (Å²) >= 11 is -7.87. The summed E-state index contributed by atoms with van der Waals surface area (Å²) in [6.07, 6.45) is 6.78. The molecular formula is C11H17F6N2O4S2-. The molecule has 0 N–H and O–H groups in total. The highest BCUT2D eigenvalue weighted by molar-refractivity contribution is 7.80. The summed E-state index contributed by atoms with van der Waals surface area (Å²) in [6.45, 7) is 5.53. The van der Waals surface area contributed by atoms with Gasteiger partial charge in [-0.15, -0.1) is 0 Å². The van der Waals surface area contributed by atoms with Gasteiger partial charge >= 0.3 is 11.0 Å². The first-order chi connectivity index (χ1) is 11.1. The van der Waals surface area contributed by atoms with Crippen LogP contribution in [0.2, 0.25) is 0 Å². The molecule has 0 radical (unpaired) electrons. The molecule has 0 aliphatic carbocycles. The summed E-state index contributed by atoms with van der Waals surface area (Å²) in [4.78, 5) is 0. The second-order valence-electron chi connectivity index (χ2n) is 4.36. The SMILES string of the molecule is CCCCn1cc[n+](C)c1C.O=S([O-])C(F)(F)F.O=S([O-])C(F)(F)F. The molecule has 1 aromatic rings. The van der Waals surface area contributed by atoms with Crippen molar-refractivity contribution in [2.75, 3.05) is 0 Å². The van der Waals surface area contributed by atoms with Crippen molar-refractivity contribution in [3.63, 3.8) is 0 Å². The maximum Gasteiger partial charge on any atom is 0.458 e. The number of nitrogens with zero attached hydrogens (tertiary/aromatic N) is 2. The summed E-state index contributed by atoms with van der Waals surface area (Å²) in [5, 5.41) is 0. The topological polar surface area (TPSA) is 89.1 Å². The number of halogens is 6. The first-order valence-corrected chi connectivity index (χ1v) is 8.63. The average Bonchev–Trinajstić information content (AvgIpc) is 2.76. The third-order valence-electron chi connectivity index (χ3n) is 2.53. The van der Waals surface area contributed by atoms with Crippen LogP contribution in [-0.4, -0.2) is 33.1 Å². The normalized spacial score (nSPS) is 13.9. The molecule has 14 heteroatoms. The molecule has 0 aliphatic heterocycles. The van der Waals surface area contributed by atoms with E-state index in [4.69, 9.17) is 17.5 Å². The van der Waals surface area contributed by atoms with Gasteiger partial charge in [-0.25, -0.2) is 9.13 Å². The molecule has 0 aliphatic rings. The smallest absolute Gasteiger partial charge is 0.458 e. The maximum atomic E-state index is 10.6. The van der Waals surface area contributed by atoms with Crippen molar-refractivity contribution in [1.82, 2.24) is 4.57 Å². The quantitative estimate of drug-likeness (QED) is 0.427. The molecule has 0 saturated carbocycles. The van der Waals surface area contributed by atoms with E-state index in [1.807, 2.05) is 0 Å². The van der Waals surface area contributed by atoms with Crippen molar-refractivity contribution >= 4 is 22.2 Å². The summed E-state index contributed by atoms with van der Waals surface area (Å²) in [7, 11) is 2.08. The summed E-state index contributed by atoms with van der Waals surface area (Å²) in [5.74, 6) is 1.33. The van der Waals surface area contributed by atoms with Gasteiger partial charge in [-0.3, -0.25) is 8.42 Å². The van der Waals surface area contributed by atoms with Crippen LogP contribution in [0.3, 0.4) is 0 Å². The van der Waals surface area contributed by atoms with Crippen LogP contribution in [0.1, 0.15) is 25.6 Å². The fraction of sp³-hybridized carbons (Fsp3) is 0.727. The third-order valence-corrected chi connectivity index (χ3v) is 3.28. The van der Waals surface area contributed by atoms with Crippen LogP contribution in [0.4, 0.5) is 26.3 Å². The van der Waals surface area contributed by atoms with E-state index in [0.717, 1.165) is 6.54 Å². The molecule has 1 heterocycles. The number of imidazole rings is 1. The Morgan fingerprint density at radius 2 is 1.44 bits per heavy atom. The zero-order chi connectivity index (χ0) is 20.4. The fourth-order valence-electron chi connectivity index (χ4n) is 1.16. The van der Waals surface area contributed by atoms with Gasteiger partial charge in [0.1, 0.15) is 12.4 Å². The van der Waals surface area contributed by atoms with E-state index in [2.05, 4.69) is 42.4 Å². The van der Waals surface area contributed by atoms with Crippen LogP contribution in [0.25, 0.3) is 0 Å². The molecule has 0 spiro atoms. The lowest BCUT2D eigenvalue weighted by atomic mass is 10.3. The zero-order valence-corrected chi connectivity index (χ0v) is 15.0. The van der Waals surface area contributed by atoms with Gasteiger partial charge in [0.25, 0.3) is 5.82 Å². The lowest BCUT2D eigenvalue weighted by Crippen LogP contribution is -2.29. The van der Waals surface area contributed by atoms with Gasteiger partial charge in [-0.1, -0.05) is 13.3 Å². The minimum absolute atomic E-state index is 1.16. The number of unbranched alkanes of at least 4 members (excludes halogenated alkanes) is 1. The van der Waals surface area contributed by atoms with E-state index in [0.29, 0.717) is 0 Å². The number of alkyl halides is 6. The molecule has 2 atom stereocenters. The van der Waals surface area contributed by atoms with E-state index in [9.17, 15) is 26.3 Å². The molecule has 6 nitrogen and oxygen atoms in total.